The lowest BCUT2D eigenvalue weighted by Crippen LogP contribution is -1.91. The third-order valence-corrected chi connectivity index (χ3v) is 3.30. The third kappa shape index (κ3) is 2.30. The number of rotatable bonds is 3. The van der Waals surface area contributed by atoms with Crippen LogP contribution >= 0.6 is 0 Å². The Kier molecular flexibility index (Phi) is 3.24. The molecule has 0 fully saturated rings. The third-order valence-electron chi connectivity index (χ3n) is 3.30. The summed E-state index contributed by atoms with van der Waals surface area (Å²) in [6.07, 6.45) is 6.08. The molecular formula is C15H13N5O. The van der Waals surface area contributed by atoms with Gasteiger partial charge in [0.2, 0.25) is 5.82 Å². The average molecular weight is 279 g/mol. The fraction of sp³-hybridized carbons (Fsp3) is 0.200. The first-order valence-electron chi connectivity index (χ1n) is 6.56. The fourth-order valence-corrected chi connectivity index (χ4v) is 2.20. The van der Waals surface area contributed by atoms with Crippen molar-refractivity contribution in [3.05, 3.63) is 41.9 Å². The van der Waals surface area contributed by atoms with E-state index in [0.717, 1.165) is 23.2 Å². The first kappa shape index (κ1) is 13.1. The van der Waals surface area contributed by atoms with Crippen LogP contribution in [0.5, 0.6) is 0 Å². The van der Waals surface area contributed by atoms with Crippen molar-refractivity contribution in [1.29, 1.82) is 5.26 Å². The van der Waals surface area contributed by atoms with Crippen LogP contribution in [0, 0.1) is 11.3 Å². The van der Waals surface area contributed by atoms with E-state index in [0.29, 0.717) is 17.3 Å². The van der Waals surface area contributed by atoms with Gasteiger partial charge in [0.25, 0.3) is 5.89 Å². The number of nitriles is 1. The molecule has 0 amide bonds. The van der Waals surface area contributed by atoms with Crippen molar-refractivity contribution < 1.29 is 4.52 Å². The van der Waals surface area contributed by atoms with Crippen molar-refractivity contribution in [2.24, 2.45) is 7.05 Å². The van der Waals surface area contributed by atoms with Gasteiger partial charge in [-0.2, -0.15) is 10.2 Å². The van der Waals surface area contributed by atoms with E-state index in [1.54, 1.807) is 23.0 Å². The van der Waals surface area contributed by atoms with E-state index < -0.39 is 0 Å². The Bertz CT molecular complexity index is 825. The Hall–Kier alpha value is -2.94. The lowest BCUT2D eigenvalue weighted by Gasteiger charge is -2.01. The maximum Gasteiger partial charge on any atom is 0.274 e. The van der Waals surface area contributed by atoms with E-state index in [4.69, 9.17) is 9.78 Å². The van der Waals surface area contributed by atoms with Gasteiger partial charge in [-0.3, -0.25) is 4.98 Å². The molecule has 0 saturated carbocycles. The van der Waals surface area contributed by atoms with Crippen LogP contribution < -0.4 is 0 Å². The van der Waals surface area contributed by atoms with Gasteiger partial charge in [-0.1, -0.05) is 12.1 Å². The number of hydrogen-bond acceptors (Lipinski definition) is 5. The first-order chi connectivity index (χ1) is 10.2. The average Bonchev–Trinajstić information content (AvgIpc) is 3.13. The summed E-state index contributed by atoms with van der Waals surface area (Å²) in [5.74, 6) is 0.928. The van der Waals surface area contributed by atoms with Crippen molar-refractivity contribution in [3.63, 3.8) is 0 Å². The summed E-state index contributed by atoms with van der Waals surface area (Å²) in [5.41, 5.74) is 3.26. The van der Waals surface area contributed by atoms with Gasteiger partial charge in [-0.25, -0.2) is 0 Å². The van der Waals surface area contributed by atoms with Crippen LogP contribution in [-0.4, -0.2) is 19.7 Å². The van der Waals surface area contributed by atoms with Crippen LogP contribution in [0.2, 0.25) is 0 Å². The molecule has 0 aliphatic carbocycles. The second-order valence-corrected chi connectivity index (χ2v) is 4.65. The quantitative estimate of drug-likeness (QED) is 0.736. The molecule has 0 aliphatic rings. The number of aromatic nitrogens is 4. The Balaban J connectivity index is 2.04. The van der Waals surface area contributed by atoms with Crippen molar-refractivity contribution in [1.82, 2.24) is 19.7 Å². The smallest absolute Gasteiger partial charge is 0.274 e. The summed E-state index contributed by atoms with van der Waals surface area (Å²) in [6, 6.07) is 5.70. The maximum atomic E-state index is 8.94. The molecule has 0 aromatic carbocycles. The molecule has 0 radical (unpaired) electrons. The van der Waals surface area contributed by atoms with Crippen molar-refractivity contribution in [3.8, 4) is 29.0 Å². The normalized spacial score (nSPS) is 10.5. The molecule has 0 aliphatic heterocycles. The van der Waals surface area contributed by atoms with Gasteiger partial charge in [0.1, 0.15) is 11.8 Å². The largest absolute Gasteiger partial charge is 0.345 e. The Morgan fingerprint density at radius 1 is 1.43 bits per heavy atom. The predicted octanol–water partition coefficient (Wildman–Crippen LogP) is 2.57. The van der Waals surface area contributed by atoms with Crippen LogP contribution in [0.1, 0.15) is 18.1 Å². The SMILES string of the molecule is CCc1cnccc1-c1noc(-c2cc(C#N)cn2C)n1. The van der Waals surface area contributed by atoms with Gasteiger partial charge in [-0.15, -0.1) is 0 Å². The minimum absolute atomic E-state index is 0.396. The topological polar surface area (TPSA) is 80.5 Å². The summed E-state index contributed by atoms with van der Waals surface area (Å²) in [5, 5.41) is 13.0. The van der Waals surface area contributed by atoms with Crippen LogP contribution in [-0.2, 0) is 13.5 Å². The van der Waals surface area contributed by atoms with Gasteiger partial charge in [-0.05, 0) is 24.1 Å². The molecule has 0 unspecified atom stereocenters. The minimum Gasteiger partial charge on any atom is -0.345 e. The highest BCUT2D eigenvalue weighted by Gasteiger charge is 2.16. The molecule has 3 heterocycles. The Morgan fingerprint density at radius 3 is 3.00 bits per heavy atom. The molecule has 3 rings (SSSR count). The molecule has 6 heteroatoms. The number of hydrogen-bond donors (Lipinski definition) is 0. The monoisotopic (exact) mass is 279 g/mol. The molecule has 0 atom stereocenters. The first-order valence-corrected chi connectivity index (χ1v) is 6.56. The number of nitrogens with zero attached hydrogens (tertiary/aromatic N) is 5. The predicted molar refractivity (Wildman–Crippen MR) is 76.0 cm³/mol. The molecule has 0 spiro atoms. The van der Waals surface area contributed by atoms with Crippen LogP contribution in [0.4, 0.5) is 0 Å². The van der Waals surface area contributed by atoms with E-state index in [9.17, 15) is 0 Å². The summed E-state index contributed by atoms with van der Waals surface area (Å²) in [4.78, 5) is 8.54. The zero-order valence-corrected chi connectivity index (χ0v) is 11.7. The van der Waals surface area contributed by atoms with E-state index in [2.05, 4.69) is 28.1 Å². The Morgan fingerprint density at radius 2 is 2.29 bits per heavy atom. The molecule has 0 bridgehead atoms. The van der Waals surface area contributed by atoms with Crippen molar-refractivity contribution in [2.75, 3.05) is 0 Å². The molecule has 3 aromatic rings. The highest BCUT2D eigenvalue weighted by molar-refractivity contribution is 5.62. The van der Waals surface area contributed by atoms with Gasteiger partial charge >= 0.3 is 0 Å². The van der Waals surface area contributed by atoms with E-state index >= 15 is 0 Å². The second kappa shape index (κ2) is 5.21. The fourth-order valence-electron chi connectivity index (χ4n) is 2.20. The molecule has 104 valence electrons. The standard InChI is InChI=1S/C15H13N5O/c1-3-11-8-17-5-4-12(11)14-18-15(21-19-14)13-6-10(7-16)9-20(13)2/h4-6,8-9H,3H2,1-2H3. The highest BCUT2D eigenvalue weighted by atomic mass is 16.5. The molecule has 3 aromatic heterocycles. The Labute approximate surface area is 121 Å². The van der Waals surface area contributed by atoms with Gasteiger partial charge < -0.3 is 9.09 Å². The van der Waals surface area contributed by atoms with E-state index in [1.807, 2.05) is 19.3 Å². The minimum atomic E-state index is 0.396. The van der Waals surface area contributed by atoms with Gasteiger partial charge in [0.05, 0.1) is 5.56 Å². The molecule has 0 N–H and O–H groups in total. The zero-order chi connectivity index (χ0) is 14.8. The summed E-state index contributed by atoms with van der Waals surface area (Å²) >= 11 is 0. The summed E-state index contributed by atoms with van der Waals surface area (Å²) in [7, 11) is 1.84. The number of pyridine rings is 1. The lowest BCUT2D eigenvalue weighted by atomic mass is 10.1. The van der Waals surface area contributed by atoms with E-state index in [-0.39, 0.29) is 0 Å². The van der Waals surface area contributed by atoms with Crippen molar-refractivity contribution in [2.45, 2.75) is 13.3 Å². The van der Waals surface area contributed by atoms with Crippen molar-refractivity contribution >= 4 is 0 Å². The zero-order valence-electron chi connectivity index (χ0n) is 11.7. The second-order valence-electron chi connectivity index (χ2n) is 4.65. The maximum absolute atomic E-state index is 8.94. The molecular weight excluding hydrogens is 266 g/mol. The molecule has 21 heavy (non-hydrogen) atoms. The molecule has 6 nitrogen and oxygen atoms in total. The van der Waals surface area contributed by atoms with Gasteiger partial charge in [0, 0.05) is 31.2 Å². The summed E-state index contributed by atoms with van der Waals surface area (Å²) in [6.45, 7) is 2.05. The summed E-state index contributed by atoms with van der Waals surface area (Å²) < 4.78 is 7.13. The van der Waals surface area contributed by atoms with Crippen LogP contribution in [0.25, 0.3) is 23.0 Å². The molecule has 0 saturated heterocycles. The lowest BCUT2D eigenvalue weighted by molar-refractivity contribution is 0.429. The van der Waals surface area contributed by atoms with Crippen LogP contribution in [0.15, 0.2) is 35.2 Å². The van der Waals surface area contributed by atoms with E-state index in [1.165, 1.54) is 0 Å². The number of aryl methyl sites for hydroxylation is 2. The van der Waals surface area contributed by atoms with Gasteiger partial charge in [0.15, 0.2) is 0 Å². The van der Waals surface area contributed by atoms with Crippen LogP contribution in [0.3, 0.4) is 0 Å². The highest BCUT2D eigenvalue weighted by Crippen LogP contribution is 2.25.